The summed E-state index contributed by atoms with van der Waals surface area (Å²) in [6, 6.07) is 2.63. The smallest absolute Gasteiger partial charge is 0.287 e. The number of hydrogen-bond acceptors (Lipinski definition) is 8. The predicted molar refractivity (Wildman–Crippen MR) is 83.3 cm³/mol. The molecule has 0 aliphatic carbocycles. The molecule has 1 N–H and O–H groups in total. The first-order chi connectivity index (χ1) is 12.2. The molecule has 0 bridgehead atoms. The normalized spacial score (nSPS) is 16.0. The van der Waals surface area contributed by atoms with Gasteiger partial charge in [-0.25, -0.2) is 4.98 Å². The molecule has 10 heteroatoms. The van der Waals surface area contributed by atoms with Crippen LogP contribution in [0.25, 0.3) is 11.4 Å². The Morgan fingerprint density at radius 2 is 2.28 bits per heavy atom. The highest BCUT2D eigenvalue weighted by Crippen LogP contribution is 2.17. The van der Waals surface area contributed by atoms with E-state index in [0.29, 0.717) is 23.9 Å². The first-order valence-corrected chi connectivity index (χ1v) is 7.48. The molecule has 2 amide bonds. The maximum absolute atomic E-state index is 11.9. The lowest BCUT2D eigenvalue weighted by Gasteiger charge is -2.07. The largest absolute Gasteiger partial charge is 0.478 e. The third-order valence-corrected chi connectivity index (χ3v) is 3.14. The molecule has 1 aliphatic rings. The number of hydrogen-bond donors (Lipinski definition) is 1. The van der Waals surface area contributed by atoms with Crippen molar-refractivity contribution in [3.8, 4) is 17.3 Å². The highest BCUT2D eigenvalue weighted by molar-refractivity contribution is 5.92. The Labute approximate surface area is 142 Å². The fourth-order valence-electron chi connectivity index (χ4n) is 1.96. The third-order valence-electron chi connectivity index (χ3n) is 3.14. The Hall–Kier alpha value is -3.43. The van der Waals surface area contributed by atoms with Gasteiger partial charge in [-0.1, -0.05) is 5.16 Å². The Bertz CT molecular complexity index is 811. The van der Waals surface area contributed by atoms with Gasteiger partial charge in [0, 0.05) is 23.9 Å². The van der Waals surface area contributed by atoms with Crippen molar-refractivity contribution in [1.29, 1.82) is 0 Å². The van der Waals surface area contributed by atoms with Gasteiger partial charge in [-0.2, -0.15) is 10.1 Å². The first-order valence-electron chi connectivity index (χ1n) is 7.48. The van der Waals surface area contributed by atoms with Crippen molar-refractivity contribution < 1.29 is 18.8 Å². The van der Waals surface area contributed by atoms with Gasteiger partial charge in [0.25, 0.3) is 11.8 Å². The lowest BCUT2D eigenvalue weighted by atomic mass is 10.2. The van der Waals surface area contributed by atoms with Crippen LogP contribution >= 0.6 is 0 Å². The van der Waals surface area contributed by atoms with Crippen LogP contribution in [-0.4, -0.2) is 39.6 Å². The van der Waals surface area contributed by atoms with Crippen LogP contribution in [0.3, 0.4) is 0 Å². The van der Waals surface area contributed by atoms with Crippen LogP contribution < -0.4 is 10.1 Å². The Balaban J connectivity index is 1.58. The van der Waals surface area contributed by atoms with Crippen LogP contribution in [0, 0.1) is 0 Å². The topological polar surface area (TPSA) is 132 Å². The molecule has 0 spiro atoms. The molecule has 25 heavy (non-hydrogen) atoms. The van der Waals surface area contributed by atoms with Crippen LogP contribution in [-0.2, 0) is 16.1 Å². The number of pyridine rings is 1. The predicted octanol–water partition coefficient (Wildman–Crippen LogP) is 1.06. The Morgan fingerprint density at radius 1 is 1.40 bits per heavy atom. The Morgan fingerprint density at radius 3 is 2.96 bits per heavy atom. The van der Waals surface area contributed by atoms with Crippen molar-refractivity contribution in [1.82, 2.24) is 20.4 Å². The van der Waals surface area contributed by atoms with Gasteiger partial charge in [-0.05, 0) is 19.1 Å². The van der Waals surface area contributed by atoms with Crippen LogP contribution in [0.15, 0.2) is 45.2 Å². The van der Waals surface area contributed by atoms with Crippen molar-refractivity contribution in [2.45, 2.75) is 19.5 Å². The molecule has 0 saturated carbocycles. The second-order valence-corrected chi connectivity index (χ2v) is 4.91. The molecular formula is C15H14N6O4. The second kappa shape index (κ2) is 7.43. The molecule has 3 heterocycles. The van der Waals surface area contributed by atoms with Crippen LogP contribution in [0.1, 0.15) is 12.8 Å². The minimum absolute atomic E-state index is 0.0318. The molecule has 0 saturated heterocycles. The Kier molecular flexibility index (Phi) is 4.88. The van der Waals surface area contributed by atoms with Crippen molar-refractivity contribution in [3.05, 3.63) is 36.4 Å². The van der Waals surface area contributed by atoms with Gasteiger partial charge in [0.05, 0.1) is 13.2 Å². The molecule has 1 aliphatic heterocycles. The molecule has 0 aromatic carbocycles. The van der Waals surface area contributed by atoms with Gasteiger partial charge in [-0.3, -0.25) is 9.59 Å². The number of aromatic nitrogens is 3. The summed E-state index contributed by atoms with van der Waals surface area (Å²) in [5, 5.41) is 13.3. The minimum atomic E-state index is -0.838. The molecule has 128 valence electrons. The van der Waals surface area contributed by atoms with Crippen molar-refractivity contribution >= 4 is 11.8 Å². The molecule has 2 aromatic heterocycles. The number of ether oxygens (including phenoxy) is 1. The molecular weight excluding hydrogens is 328 g/mol. The lowest BCUT2D eigenvalue weighted by Crippen LogP contribution is -2.32. The van der Waals surface area contributed by atoms with Crippen LogP contribution in [0.5, 0.6) is 5.88 Å². The van der Waals surface area contributed by atoms with Gasteiger partial charge < -0.3 is 14.6 Å². The number of rotatable bonds is 6. The van der Waals surface area contributed by atoms with E-state index in [2.05, 4.69) is 30.7 Å². The van der Waals surface area contributed by atoms with E-state index >= 15 is 0 Å². The summed E-state index contributed by atoms with van der Waals surface area (Å²) in [7, 11) is 0. The number of carbonyl (C=O) groups is 2. The SMILES string of the molecule is CCOc1ccc(-c2noc(CNC(=O)C3C=CC(=O)N=N3)n2)cn1. The van der Waals surface area contributed by atoms with Gasteiger partial charge in [-0.15, -0.1) is 5.11 Å². The highest BCUT2D eigenvalue weighted by Gasteiger charge is 2.19. The fourth-order valence-corrected chi connectivity index (χ4v) is 1.96. The van der Waals surface area contributed by atoms with Crippen LogP contribution in [0.4, 0.5) is 0 Å². The first kappa shape index (κ1) is 16.4. The van der Waals surface area contributed by atoms with Gasteiger partial charge in [0.1, 0.15) is 0 Å². The molecule has 0 radical (unpaired) electrons. The summed E-state index contributed by atoms with van der Waals surface area (Å²) in [5.41, 5.74) is 0.660. The monoisotopic (exact) mass is 342 g/mol. The maximum Gasteiger partial charge on any atom is 0.287 e. The second-order valence-electron chi connectivity index (χ2n) is 4.91. The van der Waals surface area contributed by atoms with Crippen molar-refractivity contribution in [2.75, 3.05) is 6.61 Å². The summed E-state index contributed by atoms with van der Waals surface area (Å²) in [6.45, 7) is 2.43. The fraction of sp³-hybridized carbons (Fsp3) is 0.267. The standard InChI is InChI=1S/C15H14N6O4/c1-2-24-12-6-3-9(7-16-12)14-18-13(25-21-14)8-17-15(23)10-4-5-11(22)20-19-10/h3-7,10H,2,8H2,1H3,(H,17,23). The quantitative estimate of drug-likeness (QED) is 0.830. The van der Waals surface area contributed by atoms with E-state index in [1.165, 1.54) is 12.2 Å². The number of azo groups is 1. The van der Waals surface area contributed by atoms with E-state index in [-0.39, 0.29) is 12.4 Å². The summed E-state index contributed by atoms with van der Waals surface area (Å²) >= 11 is 0. The van der Waals surface area contributed by atoms with E-state index in [1.807, 2.05) is 6.92 Å². The van der Waals surface area contributed by atoms with E-state index in [9.17, 15) is 9.59 Å². The molecule has 1 unspecified atom stereocenters. The number of amides is 2. The summed E-state index contributed by atoms with van der Waals surface area (Å²) in [6.07, 6.45) is 4.14. The zero-order valence-corrected chi connectivity index (χ0v) is 13.2. The highest BCUT2D eigenvalue weighted by atomic mass is 16.5. The zero-order valence-electron chi connectivity index (χ0n) is 13.2. The molecule has 3 rings (SSSR count). The third kappa shape index (κ3) is 4.10. The van der Waals surface area contributed by atoms with Crippen molar-refractivity contribution in [3.63, 3.8) is 0 Å². The average molecular weight is 342 g/mol. The van der Waals surface area contributed by atoms with Gasteiger partial charge in [0.2, 0.25) is 17.6 Å². The lowest BCUT2D eigenvalue weighted by molar-refractivity contribution is -0.121. The molecule has 0 fully saturated rings. The van der Waals surface area contributed by atoms with Crippen molar-refractivity contribution in [2.24, 2.45) is 10.2 Å². The number of nitrogens with zero attached hydrogens (tertiary/aromatic N) is 5. The molecule has 10 nitrogen and oxygen atoms in total. The summed E-state index contributed by atoms with van der Waals surface area (Å²) in [5.74, 6) is 0.174. The van der Waals surface area contributed by atoms with Gasteiger partial charge >= 0.3 is 0 Å². The van der Waals surface area contributed by atoms with E-state index in [1.54, 1.807) is 18.3 Å². The van der Waals surface area contributed by atoms with E-state index in [4.69, 9.17) is 9.26 Å². The zero-order chi connectivity index (χ0) is 17.6. The molecule has 1 atom stereocenters. The minimum Gasteiger partial charge on any atom is -0.478 e. The summed E-state index contributed by atoms with van der Waals surface area (Å²) in [4.78, 5) is 31.1. The van der Waals surface area contributed by atoms with E-state index in [0.717, 1.165) is 0 Å². The summed E-state index contributed by atoms with van der Waals surface area (Å²) < 4.78 is 10.4. The van der Waals surface area contributed by atoms with Gasteiger partial charge in [0.15, 0.2) is 6.04 Å². The number of nitrogens with one attached hydrogen (secondary N) is 1. The molecule has 2 aromatic rings. The van der Waals surface area contributed by atoms with E-state index < -0.39 is 17.9 Å². The average Bonchev–Trinajstić information content (AvgIpc) is 3.10. The van der Waals surface area contributed by atoms with Crippen LogP contribution in [0.2, 0.25) is 0 Å². The number of carbonyl (C=O) groups excluding carboxylic acids is 2. The maximum atomic E-state index is 11.9.